The van der Waals surface area contributed by atoms with Crippen LogP contribution < -0.4 is 4.74 Å². The normalized spacial score (nSPS) is 10.9. The van der Waals surface area contributed by atoms with Crippen molar-refractivity contribution in [2.24, 2.45) is 0 Å². The third kappa shape index (κ3) is 3.40. The molecule has 0 aliphatic carbocycles. The van der Waals surface area contributed by atoms with Crippen molar-refractivity contribution in [3.8, 4) is 5.88 Å². The summed E-state index contributed by atoms with van der Waals surface area (Å²) in [6.45, 7) is 7.05. The van der Waals surface area contributed by atoms with Crippen molar-refractivity contribution in [1.29, 1.82) is 0 Å². The van der Waals surface area contributed by atoms with Gasteiger partial charge in [-0.25, -0.2) is 0 Å². The summed E-state index contributed by atoms with van der Waals surface area (Å²) in [6.07, 6.45) is 3.49. The maximum atomic E-state index is 5.43. The lowest BCUT2D eigenvalue weighted by Gasteiger charge is -1.99. The average Bonchev–Trinajstić information content (AvgIpc) is 2.61. The van der Waals surface area contributed by atoms with Crippen LogP contribution in [0, 0.1) is 0 Å². The predicted octanol–water partition coefficient (Wildman–Crippen LogP) is 3.37. The number of hydrogen-bond donors (Lipinski definition) is 0. The van der Waals surface area contributed by atoms with E-state index in [1.165, 1.54) is 12.8 Å². The molecule has 0 aromatic carbocycles. The van der Waals surface area contributed by atoms with E-state index in [0.717, 1.165) is 18.8 Å². The van der Waals surface area contributed by atoms with Crippen LogP contribution in [0.15, 0.2) is 10.6 Å². The van der Waals surface area contributed by atoms with Crippen molar-refractivity contribution in [2.45, 2.75) is 46.0 Å². The Morgan fingerprint density at radius 3 is 2.79 bits per heavy atom. The summed E-state index contributed by atoms with van der Waals surface area (Å²) in [7, 11) is 0. The Balaban J connectivity index is 2.29. The first-order valence-electron chi connectivity index (χ1n) is 5.33. The van der Waals surface area contributed by atoms with Gasteiger partial charge in [0.1, 0.15) is 5.76 Å². The summed E-state index contributed by atoms with van der Waals surface area (Å²) >= 11 is 0. The molecule has 0 N–H and O–H groups in total. The molecule has 0 bridgehead atoms. The minimum Gasteiger partial charge on any atom is -0.476 e. The van der Waals surface area contributed by atoms with Crippen LogP contribution in [-0.2, 0) is 0 Å². The van der Waals surface area contributed by atoms with Crippen LogP contribution >= 0.6 is 0 Å². The van der Waals surface area contributed by atoms with Gasteiger partial charge in [-0.3, -0.25) is 0 Å². The topological polar surface area (TPSA) is 35.3 Å². The van der Waals surface area contributed by atoms with Gasteiger partial charge in [0.2, 0.25) is 0 Å². The Labute approximate surface area is 85.4 Å². The summed E-state index contributed by atoms with van der Waals surface area (Å²) in [5.74, 6) is 1.87. The zero-order valence-electron chi connectivity index (χ0n) is 9.25. The van der Waals surface area contributed by atoms with Crippen molar-refractivity contribution in [1.82, 2.24) is 5.16 Å². The summed E-state index contributed by atoms with van der Waals surface area (Å²) < 4.78 is 10.5. The third-order valence-electron chi connectivity index (χ3n) is 2.07. The molecular formula is C11H19NO2. The molecule has 0 spiro atoms. The van der Waals surface area contributed by atoms with Gasteiger partial charge in [0.25, 0.3) is 5.88 Å². The number of ether oxygens (including phenoxy) is 1. The fraction of sp³-hybridized carbons (Fsp3) is 0.727. The van der Waals surface area contributed by atoms with Crippen molar-refractivity contribution in [3.63, 3.8) is 0 Å². The molecule has 3 nitrogen and oxygen atoms in total. The van der Waals surface area contributed by atoms with Crippen LogP contribution in [-0.4, -0.2) is 11.8 Å². The van der Waals surface area contributed by atoms with Gasteiger partial charge in [0.15, 0.2) is 0 Å². The Morgan fingerprint density at radius 1 is 1.43 bits per heavy atom. The lowest BCUT2D eigenvalue weighted by molar-refractivity contribution is 0.267. The SMILES string of the molecule is CCCCCOc1cc(C(C)C)on1. The lowest BCUT2D eigenvalue weighted by atomic mass is 10.2. The minimum atomic E-state index is 0.371. The number of unbranched alkanes of at least 4 members (excludes halogenated alkanes) is 2. The van der Waals surface area contributed by atoms with E-state index in [4.69, 9.17) is 9.26 Å². The van der Waals surface area contributed by atoms with E-state index in [2.05, 4.69) is 25.9 Å². The molecule has 0 aliphatic heterocycles. The Kier molecular flexibility index (Phi) is 4.50. The van der Waals surface area contributed by atoms with Gasteiger partial charge in [-0.15, -0.1) is 0 Å². The van der Waals surface area contributed by atoms with E-state index in [-0.39, 0.29) is 0 Å². The summed E-state index contributed by atoms with van der Waals surface area (Å²) in [4.78, 5) is 0. The van der Waals surface area contributed by atoms with Crippen molar-refractivity contribution in [2.75, 3.05) is 6.61 Å². The van der Waals surface area contributed by atoms with Gasteiger partial charge in [0, 0.05) is 12.0 Å². The molecule has 0 amide bonds. The highest BCUT2D eigenvalue weighted by atomic mass is 16.5. The van der Waals surface area contributed by atoms with Crippen LogP contribution in [0.25, 0.3) is 0 Å². The Bertz CT molecular complexity index is 256. The molecule has 0 fully saturated rings. The van der Waals surface area contributed by atoms with E-state index in [1.807, 2.05) is 6.07 Å². The van der Waals surface area contributed by atoms with Crippen LogP contribution in [0.4, 0.5) is 0 Å². The molecule has 1 aromatic rings. The van der Waals surface area contributed by atoms with E-state index in [1.54, 1.807) is 0 Å². The number of rotatable bonds is 6. The quantitative estimate of drug-likeness (QED) is 0.656. The first kappa shape index (κ1) is 11.1. The molecular weight excluding hydrogens is 178 g/mol. The van der Waals surface area contributed by atoms with Gasteiger partial charge >= 0.3 is 0 Å². The highest BCUT2D eigenvalue weighted by molar-refractivity contribution is 5.13. The highest BCUT2D eigenvalue weighted by Crippen LogP contribution is 2.19. The molecule has 0 atom stereocenters. The zero-order chi connectivity index (χ0) is 10.4. The second kappa shape index (κ2) is 5.68. The highest BCUT2D eigenvalue weighted by Gasteiger charge is 2.07. The van der Waals surface area contributed by atoms with Crippen molar-refractivity contribution in [3.05, 3.63) is 11.8 Å². The van der Waals surface area contributed by atoms with Crippen LogP contribution in [0.2, 0.25) is 0 Å². The maximum absolute atomic E-state index is 5.43. The minimum absolute atomic E-state index is 0.371. The third-order valence-corrected chi connectivity index (χ3v) is 2.07. The standard InChI is InChI=1S/C11H19NO2/c1-4-5-6-7-13-11-8-10(9(2)3)14-12-11/h8-9H,4-7H2,1-3H3. The molecule has 0 radical (unpaired) electrons. The number of nitrogens with zero attached hydrogens (tertiary/aromatic N) is 1. The molecule has 14 heavy (non-hydrogen) atoms. The molecule has 3 heteroatoms. The summed E-state index contributed by atoms with van der Waals surface area (Å²) in [5.41, 5.74) is 0. The van der Waals surface area contributed by atoms with E-state index >= 15 is 0 Å². The number of hydrogen-bond acceptors (Lipinski definition) is 3. The van der Waals surface area contributed by atoms with E-state index in [0.29, 0.717) is 11.8 Å². The fourth-order valence-corrected chi connectivity index (χ4v) is 1.14. The summed E-state index contributed by atoms with van der Waals surface area (Å²) in [6, 6.07) is 1.87. The maximum Gasteiger partial charge on any atom is 0.254 e. The smallest absolute Gasteiger partial charge is 0.254 e. The van der Waals surface area contributed by atoms with Gasteiger partial charge in [-0.2, -0.15) is 0 Å². The van der Waals surface area contributed by atoms with E-state index in [9.17, 15) is 0 Å². The van der Waals surface area contributed by atoms with Crippen LogP contribution in [0.1, 0.15) is 51.7 Å². The second-order valence-corrected chi connectivity index (χ2v) is 3.78. The number of aromatic nitrogens is 1. The fourth-order valence-electron chi connectivity index (χ4n) is 1.14. The molecule has 1 rings (SSSR count). The molecule has 0 aliphatic rings. The van der Waals surface area contributed by atoms with Gasteiger partial charge in [-0.05, 0) is 11.6 Å². The monoisotopic (exact) mass is 197 g/mol. The van der Waals surface area contributed by atoms with Gasteiger partial charge < -0.3 is 9.26 Å². The van der Waals surface area contributed by atoms with Crippen molar-refractivity contribution < 1.29 is 9.26 Å². The van der Waals surface area contributed by atoms with Gasteiger partial charge in [-0.1, -0.05) is 33.6 Å². The summed E-state index contributed by atoms with van der Waals surface area (Å²) in [5, 5.41) is 3.84. The van der Waals surface area contributed by atoms with Gasteiger partial charge in [0.05, 0.1) is 6.61 Å². The molecule has 1 aromatic heterocycles. The second-order valence-electron chi connectivity index (χ2n) is 3.78. The van der Waals surface area contributed by atoms with Crippen LogP contribution in [0.5, 0.6) is 5.88 Å². The molecule has 0 saturated carbocycles. The average molecular weight is 197 g/mol. The first-order valence-corrected chi connectivity index (χ1v) is 5.33. The lowest BCUT2D eigenvalue weighted by Crippen LogP contribution is -1.96. The Morgan fingerprint density at radius 2 is 2.21 bits per heavy atom. The van der Waals surface area contributed by atoms with E-state index < -0.39 is 0 Å². The molecule has 80 valence electrons. The van der Waals surface area contributed by atoms with Crippen molar-refractivity contribution >= 4 is 0 Å². The van der Waals surface area contributed by atoms with Crippen LogP contribution in [0.3, 0.4) is 0 Å². The largest absolute Gasteiger partial charge is 0.476 e. The molecule has 0 saturated heterocycles. The zero-order valence-corrected chi connectivity index (χ0v) is 9.25. The molecule has 1 heterocycles. The molecule has 0 unspecified atom stereocenters. The Hall–Kier alpha value is -0.990. The first-order chi connectivity index (χ1) is 6.74. The predicted molar refractivity (Wildman–Crippen MR) is 55.6 cm³/mol.